The smallest absolute Gasteiger partial charge is 0.399 e. The Bertz CT molecular complexity index is 650. The summed E-state index contributed by atoms with van der Waals surface area (Å²) in [5, 5.41) is 0. The molecule has 20 heavy (non-hydrogen) atoms. The van der Waals surface area contributed by atoms with E-state index in [9.17, 15) is 18.0 Å². The topological polar surface area (TPSA) is 43.1 Å². The highest BCUT2D eigenvalue weighted by Gasteiger charge is 2.30. The van der Waals surface area contributed by atoms with Crippen LogP contribution in [0.2, 0.25) is 0 Å². The van der Waals surface area contributed by atoms with Gasteiger partial charge in [0.2, 0.25) is 0 Å². The molecule has 6 heteroatoms. The van der Waals surface area contributed by atoms with Crippen LogP contribution in [0.3, 0.4) is 0 Å². The summed E-state index contributed by atoms with van der Waals surface area (Å²) in [6.45, 7) is 0. The molecule has 0 aliphatic rings. The average molecular weight is 344 g/mol. The third-order valence-corrected chi connectivity index (χ3v) is 3.40. The summed E-state index contributed by atoms with van der Waals surface area (Å²) < 4.78 is 37.9. The summed E-state index contributed by atoms with van der Waals surface area (Å²) in [5.41, 5.74) is 5.70. The number of benzene rings is 2. The molecule has 0 aliphatic heterocycles. The average Bonchev–Trinajstić information content (AvgIpc) is 2.40. The number of halogens is 4. The van der Waals surface area contributed by atoms with Crippen LogP contribution >= 0.6 is 15.9 Å². The summed E-state index contributed by atoms with van der Waals surface area (Å²) in [6.07, 6.45) is -4.42. The van der Waals surface area contributed by atoms with Crippen molar-refractivity contribution in [3.05, 3.63) is 63.6 Å². The number of hydrogen-bond acceptors (Lipinski definition) is 2. The van der Waals surface area contributed by atoms with Crippen LogP contribution in [0.15, 0.2) is 46.9 Å². The van der Waals surface area contributed by atoms with Crippen molar-refractivity contribution in [3.63, 3.8) is 0 Å². The zero-order valence-corrected chi connectivity index (χ0v) is 11.6. The fourth-order valence-corrected chi connectivity index (χ4v) is 2.11. The minimum Gasteiger partial charge on any atom is -0.399 e. The van der Waals surface area contributed by atoms with Gasteiger partial charge in [-0.2, -0.15) is 13.2 Å². The SMILES string of the molecule is Nc1ccc(Br)c(C(=O)c2ccc(C(F)(F)F)cc2)c1. The maximum atomic E-state index is 12.5. The Balaban J connectivity index is 2.37. The standard InChI is InChI=1S/C14H9BrF3NO/c15-12-6-5-10(19)7-11(12)13(20)8-1-3-9(4-2-8)14(16,17)18/h1-7H,19H2. The van der Waals surface area contributed by atoms with Crippen LogP contribution in [0.5, 0.6) is 0 Å². The van der Waals surface area contributed by atoms with Gasteiger partial charge >= 0.3 is 6.18 Å². The van der Waals surface area contributed by atoms with Gasteiger partial charge < -0.3 is 5.73 Å². The lowest BCUT2D eigenvalue weighted by Crippen LogP contribution is -2.07. The van der Waals surface area contributed by atoms with Gasteiger partial charge in [0.05, 0.1) is 5.56 Å². The lowest BCUT2D eigenvalue weighted by molar-refractivity contribution is -0.137. The molecule has 0 aliphatic carbocycles. The molecule has 104 valence electrons. The van der Waals surface area contributed by atoms with Gasteiger partial charge in [0, 0.05) is 21.3 Å². The highest BCUT2D eigenvalue weighted by Crippen LogP contribution is 2.30. The number of anilines is 1. The highest BCUT2D eigenvalue weighted by atomic mass is 79.9. The Kier molecular flexibility index (Phi) is 3.85. The van der Waals surface area contributed by atoms with Crippen LogP contribution in [0.25, 0.3) is 0 Å². The van der Waals surface area contributed by atoms with Gasteiger partial charge in [-0.05, 0) is 30.3 Å². The number of hydrogen-bond donors (Lipinski definition) is 1. The number of carbonyl (C=O) groups is 1. The first-order valence-electron chi connectivity index (χ1n) is 5.56. The maximum Gasteiger partial charge on any atom is 0.416 e. The Hall–Kier alpha value is -1.82. The molecule has 0 saturated carbocycles. The fraction of sp³-hybridized carbons (Fsp3) is 0.0714. The van der Waals surface area contributed by atoms with Gasteiger partial charge in [0.1, 0.15) is 0 Å². The summed E-state index contributed by atoms with van der Waals surface area (Å²) >= 11 is 3.22. The first-order chi connectivity index (χ1) is 9.29. The van der Waals surface area contributed by atoms with Crippen LogP contribution in [0, 0.1) is 0 Å². The number of carbonyl (C=O) groups excluding carboxylic acids is 1. The Morgan fingerprint density at radius 1 is 1.05 bits per heavy atom. The van der Waals surface area contributed by atoms with Crippen molar-refractivity contribution < 1.29 is 18.0 Å². The number of nitrogens with two attached hydrogens (primary N) is 1. The number of nitrogen functional groups attached to an aromatic ring is 1. The fourth-order valence-electron chi connectivity index (χ4n) is 1.68. The molecule has 0 radical (unpaired) electrons. The molecule has 0 atom stereocenters. The van der Waals surface area contributed by atoms with Crippen molar-refractivity contribution in [2.45, 2.75) is 6.18 Å². The molecule has 2 N–H and O–H groups in total. The van der Waals surface area contributed by atoms with E-state index in [0.29, 0.717) is 15.7 Å². The lowest BCUT2D eigenvalue weighted by Gasteiger charge is -2.08. The van der Waals surface area contributed by atoms with Crippen molar-refractivity contribution in [2.24, 2.45) is 0 Å². The van der Waals surface area contributed by atoms with Gasteiger partial charge in [-0.1, -0.05) is 28.1 Å². The molecule has 2 aromatic carbocycles. The minimum absolute atomic E-state index is 0.171. The predicted molar refractivity (Wildman–Crippen MR) is 73.4 cm³/mol. The van der Waals surface area contributed by atoms with Crippen LogP contribution in [-0.2, 0) is 6.18 Å². The van der Waals surface area contributed by atoms with Crippen molar-refractivity contribution in [1.82, 2.24) is 0 Å². The Morgan fingerprint density at radius 3 is 2.20 bits per heavy atom. The summed E-state index contributed by atoms with van der Waals surface area (Å²) in [4.78, 5) is 12.2. The van der Waals surface area contributed by atoms with Gasteiger partial charge in [0.15, 0.2) is 5.78 Å². The molecule has 0 amide bonds. The van der Waals surface area contributed by atoms with E-state index in [0.717, 1.165) is 24.3 Å². The van der Waals surface area contributed by atoms with Crippen LogP contribution < -0.4 is 5.73 Å². The van der Waals surface area contributed by atoms with Crippen molar-refractivity contribution >= 4 is 27.4 Å². The van der Waals surface area contributed by atoms with Gasteiger partial charge in [-0.25, -0.2) is 0 Å². The second-order valence-electron chi connectivity index (χ2n) is 4.14. The van der Waals surface area contributed by atoms with E-state index < -0.39 is 17.5 Å². The Morgan fingerprint density at radius 2 is 1.65 bits per heavy atom. The van der Waals surface area contributed by atoms with E-state index in [1.165, 1.54) is 6.07 Å². The zero-order valence-electron chi connectivity index (χ0n) is 10.0. The van der Waals surface area contributed by atoms with Crippen LogP contribution in [0.4, 0.5) is 18.9 Å². The quantitative estimate of drug-likeness (QED) is 0.653. The molecule has 0 bridgehead atoms. The van der Waals surface area contributed by atoms with Gasteiger partial charge in [-0.3, -0.25) is 4.79 Å². The number of ketones is 1. The molecular weight excluding hydrogens is 335 g/mol. The predicted octanol–water partition coefficient (Wildman–Crippen LogP) is 4.28. The number of alkyl halides is 3. The summed E-state index contributed by atoms with van der Waals surface area (Å²) in [5.74, 6) is -0.391. The van der Waals surface area contributed by atoms with Crippen LogP contribution in [0.1, 0.15) is 21.5 Å². The highest BCUT2D eigenvalue weighted by molar-refractivity contribution is 9.10. The zero-order chi connectivity index (χ0) is 14.9. The van der Waals surface area contributed by atoms with Gasteiger partial charge in [-0.15, -0.1) is 0 Å². The number of rotatable bonds is 2. The van der Waals surface area contributed by atoms with Gasteiger partial charge in [0.25, 0.3) is 0 Å². The van der Waals surface area contributed by atoms with E-state index in [2.05, 4.69) is 15.9 Å². The first kappa shape index (κ1) is 14.6. The molecule has 0 spiro atoms. The van der Waals surface area contributed by atoms with E-state index in [1.807, 2.05) is 0 Å². The monoisotopic (exact) mass is 343 g/mol. The van der Waals surface area contributed by atoms with E-state index in [1.54, 1.807) is 12.1 Å². The van der Waals surface area contributed by atoms with Crippen molar-refractivity contribution in [3.8, 4) is 0 Å². The normalized spacial score (nSPS) is 11.4. The van der Waals surface area contributed by atoms with Crippen molar-refractivity contribution in [1.29, 1.82) is 0 Å². The largest absolute Gasteiger partial charge is 0.416 e. The molecule has 0 heterocycles. The van der Waals surface area contributed by atoms with E-state index >= 15 is 0 Å². The minimum atomic E-state index is -4.42. The van der Waals surface area contributed by atoms with Crippen LogP contribution in [-0.4, -0.2) is 5.78 Å². The maximum absolute atomic E-state index is 12.5. The molecular formula is C14H9BrF3NO. The third-order valence-electron chi connectivity index (χ3n) is 2.71. The second-order valence-corrected chi connectivity index (χ2v) is 5.00. The third kappa shape index (κ3) is 3.01. The second kappa shape index (κ2) is 5.28. The van der Waals surface area contributed by atoms with Crippen molar-refractivity contribution in [2.75, 3.05) is 5.73 Å². The molecule has 0 saturated heterocycles. The molecule has 2 aromatic rings. The molecule has 2 nitrogen and oxygen atoms in total. The molecule has 0 fully saturated rings. The lowest BCUT2D eigenvalue weighted by atomic mass is 10.0. The van der Waals surface area contributed by atoms with E-state index in [-0.39, 0.29) is 5.56 Å². The molecule has 2 rings (SSSR count). The van der Waals surface area contributed by atoms with E-state index in [4.69, 9.17) is 5.73 Å². The molecule has 0 aromatic heterocycles. The summed E-state index contributed by atoms with van der Waals surface area (Å²) in [6, 6.07) is 8.78. The molecule has 0 unspecified atom stereocenters. The first-order valence-corrected chi connectivity index (χ1v) is 6.35. The summed E-state index contributed by atoms with van der Waals surface area (Å²) in [7, 11) is 0. The Labute approximate surface area is 121 Å².